The Balaban J connectivity index is 1.29. The molecule has 7 rings (SSSR count). The van der Waals surface area contributed by atoms with Crippen molar-refractivity contribution in [1.29, 1.82) is 0 Å². The van der Waals surface area contributed by atoms with E-state index in [1.807, 2.05) is 18.3 Å². The van der Waals surface area contributed by atoms with Crippen molar-refractivity contribution in [2.24, 2.45) is 0 Å². The Morgan fingerprint density at radius 1 is 0.795 bits per heavy atom. The van der Waals surface area contributed by atoms with E-state index in [0.717, 1.165) is 41.4 Å². The number of pyridine rings is 1. The number of aromatic nitrogens is 2. The van der Waals surface area contributed by atoms with Crippen LogP contribution in [0.5, 0.6) is 5.75 Å². The molecule has 2 fully saturated rings. The van der Waals surface area contributed by atoms with Crippen molar-refractivity contribution in [3.63, 3.8) is 0 Å². The summed E-state index contributed by atoms with van der Waals surface area (Å²) in [5.74, 6) is 0.918. The first kappa shape index (κ1) is 23.9. The van der Waals surface area contributed by atoms with Gasteiger partial charge in [-0.3, -0.25) is 4.98 Å². The molecule has 0 spiro atoms. The zero-order valence-electron chi connectivity index (χ0n) is 21.6. The minimum absolute atomic E-state index is 0.101. The lowest BCUT2D eigenvalue weighted by atomic mass is 10.0. The van der Waals surface area contributed by atoms with E-state index in [1.54, 1.807) is 0 Å². The van der Waals surface area contributed by atoms with Crippen LogP contribution in [-0.2, 0) is 0 Å². The molecule has 1 N–H and O–H groups in total. The number of ether oxygens (including phenoxy) is 1. The van der Waals surface area contributed by atoms with Crippen molar-refractivity contribution in [3.8, 4) is 11.4 Å². The number of benzene rings is 3. The number of rotatable bonds is 6. The molecule has 1 saturated heterocycles. The van der Waals surface area contributed by atoms with Gasteiger partial charge in [-0.25, -0.2) is 0 Å². The molecule has 0 radical (unpaired) electrons. The Morgan fingerprint density at radius 3 is 2.36 bits per heavy atom. The number of anilines is 1. The van der Waals surface area contributed by atoms with Gasteiger partial charge in [0.05, 0.1) is 17.8 Å². The summed E-state index contributed by atoms with van der Waals surface area (Å²) in [4.78, 5) is 6.94. The minimum atomic E-state index is -0.109. The van der Waals surface area contributed by atoms with Gasteiger partial charge in [-0.15, -0.1) is 0 Å². The van der Waals surface area contributed by atoms with E-state index in [2.05, 4.69) is 106 Å². The molecular weight excluding hydrogens is 500 g/mol. The fourth-order valence-corrected chi connectivity index (χ4v) is 6.36. The van der Waals surface area contributed by atoms with Crippen molar-refractivity contribution >= 4 is 33.8 Å². The summed E-state index contributed by atoms with van der Waals surface area (Å²) in [5, 5.41) is 6.72. The van der Waals surface area contributed by atoms with Gasteiger partial charge in [0.2, 0.25) is 0 Å². The third kappa shape index (κ3) is 4.55. The first-order valence-electron chi connectivity index (χ1n) is 13.7. The van der Waals surface area contributed by atoms with E-state index in [1.165, 1.54) is 23.6 Å². The van der Waals surface area contributed by atoms with Crippen molar-refractivity contribution in [2.75, 3.05) is 4.90 Å². The van der Waals surface area contributed by atoms with Crippen LogP contribution in [0.2, 0.25) is 0 Å². The second-order valence-corrected chi connectivity index (χ2v) is 10.7. The van der Waals surface area contributed by atoms with Gasteiger partial charge >= 0.3 is 0 Å². The third-order valence-corrected chi connectivity index (χ3v) is 8.23. The molecule has 2 aliphatic rings. The van der Waals surface area contributed by atoms with Gasteiger partial charge in [-0.05, 0) is 109 Å². The molecule has 0 amide bonds. The van der Waals surface area contributed by atoms with Crippen molar-refractivity contribution in [3.05, 3.63) is 121 Å². The summed E-state index contributed by atoms with van der Waals surface area (Å²) in [6.45, 7) is 0. The van der Waals surface area contributed by atoms with Crippen LogP contribution in [0.25, 0.3) is 16.5 Å². The predicted octanol–water partition coefficient (Wildman–Crippen LogP) is 7.52. The molecule has 0 unspecified atom stereocenters. The van der Waals surface area contributed by atoms with Crippen molar-refractivity contribution < 1.29 is 4.74 Å². The Morgan fingerprint density at radius 2 is 1.56 bits per heavy atom. The summed E-state index contributed by atoms with van der Waals surface area (Å²) in [5.41, 5.74) is 4.24. The van der Waals surface area contributed by atoms with Crippen LogP contribution in [0.3, 0.4) is 0 Å². The Kier molecular flexibility index (Phi) is 6.25. The van der Waals surface area contributed by atoms with Crippen LogP contribution in [0.15, 0.2) is 109 Å². The first-order chi connectivity index (χ1) is 19.2. The van der Waals surface area contributed by atoms with Crippen LogP contribution in [0.1, 0.15) is 49.2 Å². The molecule has 1 aliphatic carbocycles. The van der Waals surface area contributed by atoms with Crippen LogP contribution < -0.4 is 15.0 Å². The number of nitrogens with zero attached hydrogens (tertiary/aromatic N) is 3. The lowest BCUT2D eigenvalue weighted by Crippen LogP contribution is -2.30. The zero-order chi connectivity index (χ0) is 26.2. The molecule has 3 aromatic carbocycles. The van der Waals surface area contributed by atoms with E-state index in [0.29, 0.717) is 11.2 Å². The average Bonchev–Trinajstić information content (AvgIpc) is 3.74. The maximum Gasteiger partial charge on any atom is 0.174 e. The smallest absolute Gasteiger partial charge is 0.174 e. The first-order valence-corrected chi connectivity index (χ1v) is 14.1. The quantitative estimate of drug-likeness (QED) is 0.230. The minimum Gasteiger partial charge on any atom is -0.490 e. The molecule has 2 aromatic heterocycles. The number of hydrogen-bond donors (Lipinski definition) is 1. The second kappa shape index (κ2) is 10.2. The number of nitrogens with one attached hydrogen (secondary N) is 1. The molecule has 39 heavy (non-hydrogen) atoms. The van der Waals surface area contributed by atoms with Gasteiger partial charge in [0.25, 0.3) is 0 Å². The van der Waals surface area contributed by atoms with E-state index >= 15 is 0 Å². The van der Waals surface area contributed by atoms with Crippen LogP contribution in [0.4, 0.5) is 5.69 Å². The van der Waals surface area contributed by atoms with Gasteiger partial charge in [0.1, 0.15) is 11.8 Å². The van der Waals surface area contributed by atoms with Gasteiger partial charge in [-0.1, -0.05) is 36.4 Å². The molecule has 5 aromatic rings. The molecule has 3 heterocycles. The Labute approximate surface area is 234 Å². The lowest BCUT2D eigenvalue weighted by Gasteiger charge is -2.29. The molecular formula is C33H30N4OS. The summed E-state index contributed by atoms with van der Waals surface area (Å²) in [6, 6.07) is 33.6. The SMILES string of the molecule is S=C1N[C@H](c2ccccn2)[C@H](c2cccn2-c2ccc3ccccc3c2)N1c1ccc(OC2CCCC2)cc1. The summed E-state index contributed by atoms with van der Waals surface area (Å²) in [6.07, 6.45) is 9.10. The number of hydrogen-bond acceptors (Lipinski definition) is 3. The fraction of sp³-hybridized carbons (Fsp3) is 0.212. The van der Waals surface area contributed by atoms with Crippen LogP contribution in [-0.4, -0.2) is 20.8 Å². The van der Waals surface area contributed by atoms with Gasteiger partial charge < -0.3 is 19.5 Å². The van der Waals surface area contributed by atoms with Gasteiger partial charge in [-0.2, -0.15) is 0 Å². The molecule has 194 valence electrons. The zero-order valence-corrected chi connectivity index (χ0v) is 22.4. The molecule has 1 aliphatic heterocycles. The van der Waals surface area contributed by atoms with E-state index in [9.17, 15) is 0 Å². The molecule has 0 bridgehead atoms. The third-order valence-electron chi connectivity index (χ3n) is 7.91. The fourth-order valence-electron chi connectivity index (χ4n) is 6.01. The normalized spacial score (nSPS) is 19.5. The van der Waals surface area contributed by atoms with Gasteiger partial charge in [0.15, 0.2) is 5.11 Å². The highest BCUT2D eigenvalue weighted by atomic mass is 32.1. The maximum absolute atomic E-state index is 6.24. The monoisotopic (exact) mass is 530 g/mol. The van der Waals surface area contributed by atoms with Gasteiger partial charge in [0, 0.05) is 29.5 Å². The van der Waals surface area contributed by atoms with E-state index in [-0.39, 0.29) is 12.1 Å². The summed E-state index contributed by atoms with van der Waals surface area (Å²) in [7, 11) is 0. The second-order valence-electron chi connectivity index (χ2n) is 10.3. The highest BCUT2D eigenvalue weighted by Gasteiger charge is 2.42. The Bertz CT molecular complexity index is 1610. The molecule has 5 nitrogen and oxygen atoms in total. The lowest BCUT2D eigenvalue weighted by molar-refractivity contribution is 0.210. The summed E-state index contributed by atoms with van der Waals surface area (Å²) < 4.78 is 8.51. The van der Waals surface area contributed by atoms with Crippen LogP contribution in [0, 0.1) is 0 Å². The average molecular weight is 531 g/mol. The number of thiocarbonyl (C=S) groups is 1. The predicted molar refractivity (Wildman–Crippen MR) is 161 cm³/mol. The standard InChI is InChI=1S/C33H30N4OS/c39-33-35-31(29-12-5-6-20-34-29)32(37(33)25-16-18-28(19-17-25)38-27-10-3-4-11-27)30-13-7-21-36(30)26-15-14-23-8-1-2-9-24(23)22-26/h1-2,5-9,12-22,27,31-32H,3-4,10-11H2,(H,35,39)/t31-,32+/m1/s1. The number of fused-ring (bicyclic) bond motifs is 1. The van der Waals surface area contributed by atoms with Crippen molar-refractivity contribution in [2.45, 2.75) is 43.9 Å². The highest BCUT2D eigenvalue weighted by Crippen LogP contribution is 2.42. The molecule has 6 heteroatoms. The molecule has 1 saturated carbocycles. The maximum atomic E-state index is 6.24. The van der Waals surface area contributed by atoms with Crippen molar-refractivity contribution in [1.82, 2.24) is 14.9 Å². The van der Waals surface area contributed by atoms with Crippen LogP contribution >= 0.6 is 12.2 Å². The van der Waals surface area contributed by atoms with E-state index in [4.69, 9.17) is 21.9 Å². The largest absolute Gasteiger partial charge is 0.490 e. The Hall–Kier alpha value is -4.16. The highest BCUT2D eigenvalue weighted by molar-refractivity contribution is 7.80. The molecule has 2 atom stereocenters. The summed E-state index contributed by atoms with van der Waals surface area (Å²) >= 11 is 5.97. The van der Waals surface area contributed by atoms with E-state index < -0.39 is 0 Å². The topological polar surface area (TPSA) is 42.3 Å².